The molecule has 0 bridgehead atoms. The summed E-state index contributed by atoms with van der Waals surface area (Å²) in [6.45, 7) is 0.882. The molecule has 5 heteroatoms. The average Bonchev–Trinajstić information content (AvgIpc) is 2.55. The Kier molecular flexibility index (Phi) is 3.13. The van der Waals surface area contributed by atoms with E-state index in [4.69, 9.17) is 9.47 Å². The molecule has 0 saturated carbocycles. The van der Waals surface area contributed by atoms with Crippen molar-refractivity contribution >= 4 is 0 Å². The van der Waals surface area contributed by atoms with Gasteiger partial charge in [0.15, 0.2) is 23.0 Å². The van der Waals surface area contributed by atoms with Gasteiger partial charge >= 0.3 is 0 Å². The third kappa shape index (κ3) is 1.90. The lowest BCUT2D eigenvalue weighted by Crippen LogP contribution is -2.33. The topological polar surface area (TPSA) is 71.0 Å². The number of methoxy groups -OCH3 is 2. The second-order valence-electron chi connectivity index (χ2n) is 5.99. The van der Waals surface area contributed by atoms with Crippen LogP contribution < -0.4 is 14.8 Å². The van der Waals surface area contributed by atoms with Crippen LogP contribution in [-0.2, 0) is 12.8 Å². The number of fused-ring (bicyclic) bond motifs is 2. The number of rotatable bonds is 2. The van der Waals surface area contributed by atoms with Crippen LogP contribution in [0.4, 0.5) is 0 Å². The Balaban J connectivity index is 2.13. The molecule has 2 aliphatic rings. The predicted octanol–water partition coefficient (Wildman–Crippen LogP) is 2.52. The van der Waals surface area contributed by atoms with Gasteiger partial charge in [-0.3, -0.25) is 0 Å². The number of hydrogen-bond acceptors (Lipinski definition) is 5. The Bertz CT molecular complexity index is 800. The molecule has 2 aromatic rings. The van der Waals surface area contributed by atoms with Crippen molar-refractivity contribution in [3.8, 4) is 34.1 Å². The first-order valence-corrected chi connectivity index (χ1v) is 7.71. The lowest BCUT2D eigenvalue weighted by atomic mass is 9.77. The first-order chi connectivity index (χ1) is 11.2. The molecule has 120 valence electrons. The molecular weight excluding hydrogens is 294 g/mol. The fraction of sp³-hybridized carbons (Fsp3) is 0.333. The molecule has 4 rings (SSSR count). The van der Waals surface area contributed by atoms with Crippen LogP contribution in [0.1, 0.15) is 22.7 Å². The quantitative estimate of drug-likeness (QED) is 0.795. The maximum atomic E-state index is 10.4. The molecule has 0 fully saturated rings. The summed E-state index contributed by atoms with van der Waals surface area (Å²) in [5.41, 5.74) is 4.98. The summed E-state index contributed by atoms with van der Waals surface area (Å²) in [5, 5.41) is 24.1. The summed E-state index contributed by atoms with van der Waals surface area (Å²) >= 11 is 0. The molecule has 1 aliphatic heterocycles. The zero-order valence-corrected chi connectivity index (χ0v) is 13.1. The van der Waals surface area contributed by atoms with Gasteiger partial charge in [-0.1, -0.05) is 6.07 Å². The molecule has 0 aromatic heterocycles. The van der Waals surface area contributed by atoms with Crippen LogP contribution in [0.3, 0.4) is 0 Å². The van der Waals surface area contributed by atoms with Crippen LogP contribution >= 0.6 is 0 Å². The molecule has 5 nitrogen and oxygen atoms in total. The number of ether oxygens (including phenoxy) is 2. The molecule has 2 aromatic carbocycles. The van der Waals surface area contributed by atoms with Gasteiger partial charge in [-0.05, 0) is 48.2 Å². The first-order valence-electron chi connectivity index (χ1n) is 7.71. The zero-order chi connectivity index (χ0) is 16.1. The van der Waals surface area contributed by atoms with Crippen molar-refractivity contribution in [1.29, 1.82) is 0 Å². The molecule has 0 amide bonds. The lowest BCUT2D eigenvalue weighted by Gasteiger charge is -2.36. The highest BCUT2D eigenvalue weighted by Gasteiger charge is 2.35. The van der Waals surface area contributed by atoms with Gasteiger partial charge in [-0.2, -0.15) is 0 Å². The van der Waals surface area contributed by atoms with Gasteiger partial charge in [0.2, 0.25) is 0 Å². The van der Waals surface area contributed by atoms with E-state index in [1.807, 2.05) is 6.07 Å². The predicted molar refractivity (Wildman–Crippen MR) is 86.5 cm³/mol. The number of aromatic hydroxyl groups is 2. The summed E-state index contributed by atoms with van der Waals surface area (Å²) < 4.78 is 11.0. The number of nitrogens with one attached hydrogen (secondary N) is 1. The molecular formula is C18H19NO4. The van der Waals surface area contributed by atoms with Crippen molar-refractivity contribution in [2.45, 2.75) is 18.9 Å². The van der Waals surface area contributed by atoms with Crippen molar-refractivity contribution < 1.29 is 19.7 Å². The molecule has 23 heavy (non-hydrogen) atoms. The smallest absolute Gasteiger partial charge is 0.168 e. The summed E-state index contributed by atoms with van der Waals surface area (Å²) in [6.07, 6.45) is 1.67. The van der Waals surface area contributed by atoms with E-state index in [0.29, 0.717) is 11.5 Å². The molecule has 0 spiro atoms. The zero-order valence-electron chi connectivity index (χ0n) is 13.1. The molecule has 1 aliphatic carbocycles. The van der Waals surface area contributed by atoms with Crippen LogP contribution in [0.25, 0.3) is 11.1 Å². The third-order valence-corrected chi connectivity index (χ3v) is 4.82. The van der Waals surface area contributed by atoms with E-state index < -0.39 is 0 Å². The van der Waals surface area contributed by atoms with Crippen LogP contribution in [-0.4, -0.2) is 31.0 Å². The van der Waals surface area contributed by atoms with E-state index in [1.165, 1.54) is 0 Å². The van der Waals surface area contributed by atoms with Crippen molar-refractivity contribution in [1.82, 2.24) is 5.32 Å². The summed E-state index contributed by atoms with van der Waals surface area (Å²) in [5.74, 6) is 1.08. The Morgan fingerprint density at radius 2 is 1.74 bits per heavy atom. The molecule has 0 unspecified atom stereocenters. The maximum Gasteiger partial charge on any atom is 0.168 e. The van der Waals surface area contributed by atoms with Gasteiger partial charge in [-0.15, -0.1) is 0 Å². The standard InChI is InChI=1S/C18H19NO4/c1-22-17-12(20)4-3-9-7-11-14-10(5-6-19-11)8-13(21)18(23-2)16(14)15(9)17/h3-4,8,11,19-21H,5-7H2,1-2H3/t11-/m0/s1. The Labute approximate surface area is 134 Å². The minimum absolute atomic E-state index is 0.0904. The van der Waals surface area contributed by atoms with Crippen molar-refractivity contribution in [2.75, 3.05) is 20.8 Å². The van der Waals surface area contributed by atoms with E-state index in [9.17, 15) is 10.2 Å². The van der Waals surface area contributed by atoms with Crippen molar-refractivity contribution in [3.63, 3.8) is 0 Å². The second-order valence-corrected chi connectivity index (χ2v) is 5.99. The number of hydrogen-bond donors (Lipinski definition) is 3. The summed E-state index contributed by atoms with van der Waals surface area (Å²) in [6, 6.07) is 5.55. The van der Waals surface area contributed by atoms with Gasteiger partial charge < -0.3 is 25.0 Å². The van der Waals surface area contributed by atoms with Gasteiger partial charge in [-0.25, -0.2) is 0 Å². The Morgan fingerprint density at radius 3 is 2.48 bits per heavy atom. The Morgan fingerprint density at radius 1 is 1.00 bits per heavy atom. The number of phenols is 2. The lowest BCUT2D eigenvalue weighted by molar-refractivity contribution is 0.364. The minimum atomic E-state index is 0.0904. The van der Waals surface area contributed by atoms with Crippen LogP contribution in [0.2, 0.25) is 0 Å². The van der Waals surface area contributed by atoms with Crippen LogP contribution in [0, 0.1) is 0 Å². The highest BCUT2D eigenvalue weighted by atomic mass is 16.5. The fourth-order valence-corrected chi connectivity index (χ4v) is 3.92. The first kappa shape index (κ1) is 14.2. The molecule has 1 atom stereocenters. The van der Waals surface area contributed by atoms with Gasteiger partial charge in [0, 0.05) is 17.2 Å². The Hall–Kier alpha value is -2.40. The van der Waals surface area contributed by atoms with Crippen molar-refractivity contribution in [3.05, 3.63) is 34.9 Å². The van der Waals surface area contributed by atoms with E-state index in [2.05, 4.69) is 5.32 Å². The van der Waals surface area contributed by atoms with Gasteiger partial charge in [0.05, 0.1) is 14.2 Å². The molecule has 0 saturated heterocycles. The highest BCUT2D eigenvalue weighted by molar-refractivity contribution is 5.88. The third-order valence-electron chi connectivity index (χ3n) is 4.82. The highest BCUT2D eigenvalue weighted by Crippen LogP contribution is 2.54. The molecule has 0 radical (unpaired) electrons. The molecule has 1 heterocycles. The van der Waals surface area contributed by atoms with Crippen LogP contribution in [0.5, 0.6) is 23.0 Å². The van der Waals surface area contributed by atoms with Gasteiger partial charge in [0.25, 0.3) is 0 Å². The summed E-state index contributed by atoms with van der Waals surface area (Å²) in [4.78, 5) is 0. The average molecular weight is 313 g/mol. The van der Waals surface area contributed by atoms with E-state index >= 15 is 0 Å². The summed E-state index contributed by atoms with van der Waals surface area (Å²) in [7, 11) is 3.09. The number of phenolic OH excluding ortho intramolecular Hbond substituents is 2. The van der Waals surface area contributed by atoms with E-state index in [0.717, 1.165) is 47.2 Å². The maximum absolute atomic E-state index is 10.4. The number of benzene rings is 2. The van der Waals surface area contributed by atoms with Crippen LogP contribution in [0.15, 0.2) is 18.2 Å². The normalized spacial score (nSPS) is 18.1. The minimum Gasteiger partial charge on any atom is -0.504 e. The molecule has 3 N–H and O–H groups in total. The van der Waals surface area contributed by atoms with E-state index in [1.54, 1.807) is 26.4 Å². The SMILES string of the molecule is COc1c(O)ccc2c1-c1c(OC)c(O)cc3c1[C@H](C2)NCC3. The van der Waals surface area contributed by atoms with E-state index in [-0.39, 0.29) is 17.5 Å². The van der Waals surface area contributed by atoms with Gasteiger partial charge in [0.1, 0.15) is 0 Å². The van der Waals surface area contributed by atoms with Crippen molar-refractivity contribution in [2.24, 2.45) is 0 Å². The monoisotopic (exact) mass is 313 g/mol. The largest absolute Gasteiger partial charge is 0.504 e. The second kappa shape index (κ2) is 5.06. The fourth-order valence-electron chi connectivity index (χ4n) is 3.92.